The maximum atomic E-state index is 10.4. The van der Waals surface area contributed by atoms with Gasteiger partial charge >= 0.3 is 5.97 Å². The predicted molar refractivity (Wildman–Crippen MR) is 135 cm³/mol. The molecule has 8 heteroatoms. The number of nitrogens with zero attached hydrogens (tertiary/aromatic N) is 1. The van der Waals surface area contributed by atoms with Crippen molar-refractivity contribution in [1.29, 1.82) is 0 Å². The number of halogens is 1. The summed E-state index contributed by atoms with van der Waals surface area (Å²) in [5, 5.41) is 27.4. The summed E-state index contributed by atoms with van der Waals surface area (Å²) >= 11 is 5.87. The summed E-state index contributed by atoms with van der Waals surface area (Å²) in [5.74, 6) is -1.62. The highest BCUT2D eigenvalue weighted by molar-refractivity contribution is 6.30. The number of carboxylic acid groups (broad SMARTS) is 1. The van der Waals surface area contributed by atoms with Gasteiger partial charge in [0.15, 0.2) is 11.5 Å². The Morgan fingerprint density at radius 2 is 1.62 bits per heavy atom. The molecule has 1 atom stereocenters. The average molecular weight is 493 g/mol. The first-order valence-corrected chi connectivity index (χ1v) is 12.3. The molecule has 0 unspecified atom stereocenters. The van der Waals surface area contributed by atoms with Crippen LogP contribution < -0.4 is 5.73 Å². The standard InChI is InChI=1S/C17H26ClNO.C9H11NO4/c18-17-9-7-16(8-10-17)6-4-14-20-15-5-13-19-11-2-1-3-12-19;10-6(9(13)14)3-5-1-2-7(11)8(12)4-5/h7-10H,1-6,11-15H2;1-2,4,6,11-12H,3,10H2,(H,13,14)/t;6-/m.0/s1. The zero-order chi connectivity index (χ0) is 24.8. The third-order valence-corrected chi connectivity index (χ3v) is 5.94. The van der Waals surface area contributed by atoms with Gasteiger partial charge in [-0.05, 0) is 87.0 Å². The molecular weight excluding hydrogens is 456 g/mol. The van der Waals surface area contributed by atoms with E-state index in [1.54, 1.807) is 0 Å². The van der Waals surface area contributed by atoms with E-state index in [0.29, 0.717) is 5.56 Å². The van der Waals surface area contributed by atoms with E-state index >= 15 is 0 Å². The number of aryl methyl sites for hydroxylation is 1. The fraction of sp³-hybridized carbons (Fsp3) is 0.500. The van der Waals surface area contributed by atoms with Crippen LogP contribution in [0.2, 0.25) is 5.02 Å². The molecule has 0 spiro atoms. The number of carboxylic acids is 1. The van der Waals surface area contributed by atoms with Gasteiger partial charge in [0.25, 0.3) is 0 Å². The van der Waals surface area contributed by atoms with Gasteiger partial charge < -0.3 is 30.7 Å². The van der Waals surface area contributed by atoms with E-state index in [4.69, 9.17) is 37.4 Å². The van der Waals surface area contributed by atoms with Gasteiger partial charge in [0, 0.05) is 24.8 Å². The second-order valence-corrected chi connectivity index (χ2v) is 9.01. The van der Waals surface area contributed by atoms with E-state index < -0.39 is 12.0 Å². The lowest BCUT2D eigenvalue weighted by Gasteiger charge is -2.26. The molecule has 0 amide bonds. The molecule has 3 rings (SSSR count). The van der Waals surface area contributed by atoms with Crippen molar-refractivity contribution in [2.24, 2.45) is 5.73 Å². The lowest BCUT2D eigenvalue weighted by Crippen LogP contribution is -2.32. The SMILES string of the molecule is Clc1ccc(CCCOCCCN2CCCCC2)cc1.N[C@@H](Cc1ccc(O)c(O)c1)C(=O)O. The number of hydrogen-bond donors (Lipinski definition) is 4. The highest BCUT2D eigenvalue weighted by Crippen LogP contribution is 2.25. The Hall–Kier alpha value is -2.32. The summed E-state index contributed by atoms with van der Waals surface area (Å²) in [5.41, 5.74) is 7.20. The fourth-order valence-corrected chi connectivity index (χ4v) is 3.87. The number of carbonyl (C=O) groups is 1. The molecule has 2 aromatic rings. The van der Waals surface area contributed by atoms with E-state index in [2.05, 4.69) is 17.0 Å². The number of hydrogen-bond acceptors (Lipinski definition) is 6. The molecule has 0 saturated carbocycles. The van der Waals surface area contributed by atoms with Crippen LogP contribution in [-0.2, 0) is 22.4 Å². The van der Waals surface area contributed by atoms with Gasteiger partial charge in [-0.2, -0.15) is 0 Å². The van der Waals surface area contributed by atoms with Crippen LogP contribution in [0.4, 0.5) is 0 Å². The molecule has 1 heterocycles. The molecule has 7 nitrogen and oxygen atoms in total. The molecule has 0 aromatic heterocycles. The first-order valence-electron chi connectivity index (χ1n) is 11.9. The van der Waals surface area contributed by atoms with Gasteiger partial charge in [-0.25, -0.2) is 0 Å². The fourth-order valence-electron chi connectivity index (χ4n) is 3.74. The molecule has 2 aromatic carbocycles. The number of nitrogens with two attached hydrogens (primary N) is 1. The van der Waals surface area contributed by atoms with Crippen LogP contribution in [0.1, 0.15) is 43.2 Å². The number of piperidine rings is 1. The molecule has 1 fully saturated rings. The Balaban J connectivity index is 0.000000257. The molecular formula is C26H37ClN2O5. The zero-order valence-electron chi connectivity index (χ0n) is 19.7. The Morgan fingerprint density at radius 3 is 2.26 bits per heavy atom. The van der Waals surface area contributed by atoms with Crippen LogP contribution in [0.25, 0.3) is 0 Å². The molecule has 0 bridgehead atoms. The number of phenols is 2. The monoisotopic (exact) mass is 492 g/mol. The third kappa shape index (κ3) is 11.2. The zero-order valence-corrected chi connectivity index (χ0v) is 20.4. The van der Waals surface area contributed by atoms with Crippen LogP contribution in [0.15, 0.2) is 42.5 Å². The molecule has 1 aliphatic rings. The van der Waals surface area contributed by atoms with E-state index in [-0.39, 0.29) is 17.9 Å². The van der Waals surface area contributed by atoms with Crippen molar-refractivity contribution in [3.05, 3.63) is 58.6 Å². The summed E-state index contributed by atoms with van der Waals surface area (Å²) in [6.45, 7) is 5.55. The Kier molecular flexibility index (Phi) is 12.8. The molecule has 5 N–H and O–H groups in total. The minimum atomic E-state index is -1.10. The topological polar surface area (TPSA) is 116 Å². The summed E-state index contributed by atoms with van der Waals surface area (Å²) in [7, 11) is 0. The van der Waals surface area contributed by atoms with Crippen molar-refractivity contribution in [2.45, 2.75) is 51.0 Å². The quantitative estimate of drug-likeness (QED) is 0.274. The van der Waals surface area contributed by atoms with E-state index in [1.807, 2.05) is 12.1 Å². The first kappa shape index (κ1) is 27.9. The number of aromatic hydroxyl groups is 2. The van der Waals surface area contributed by atoms with Gasteiger partial charge in [0.05, 0.1) is 0 Å². The molecule has 0 radical (unpaired) electrons. The van der Waals surface area contributed by atoms with Crippen LogP contribution in [0, 0.1) is 0 Å². The van der Waals surface area contributed by atoms with Crippen LogP contribution >= 0.6 is 11.6 Å². The van der Waals surface area contributed by atoms with E-state index in [9.17, 15) is 4.79 Å². The molecule has 1 aliphatic heterocycles. The molecule has 1 saturated heterocycles. The number of aliphatic carboxylic acids is 1. The van der Waals surface area contributed by atoms with Crippen LogP contribution in [0.5, 0.6) is 11.5 Å². The predicted octanol–water partition coefficient (Wildman–Crippen LogP) is 4.22. The molecule has 0 aliphatic carbocycles. The van der Waals surface area contributed by atoms with Crippen molar-refractivity contribution in [3.63, 3.8) is 0 Å². The Labute approximate surface area is 207 Å². The van der Waals surface area contributed by atoms with Gasteiger partial charge in [-0.3, -0.25) is 4.79 Å². The van der Waals surface area contributed by atoms with Gasteiger partial charge in [0.2, 0.25) is 0 Å². The third-order valence-electron chi connectivity index (χ3n) is 5.69. The van der Waals surface area contributed by atoms with Crippen molar-refractivity contribution in [2.75, 3.05) is 32.8 Å². The minimum Gasteiger partial charge on any atom is -0.504 e. The van der Waals surface area contributed by atoms with Crippen molar-refractivity contribution in [1.82, 2.24) is 4.90 Å². The summed E-state index contributed by atoms with van der Waals surface area (Å²) in [6, 6.07) is 11.2. The highest BCUT2D eigenvalue weighted by Gasteiger charge is 2.13. The van der Waals surface area contributed by atoms with Crippen molar-refractivity contribution in [3.8, 4) is 11.5 Å². The maximum Gasteiger partial charge on any atom is 0.320 e. The summed E-state index contributed by atoms with van der Waals surface area (Å²) in [4.78, 5) is 13.0. The average Bonchev–Trinajstić information content (AvgIpc) is 2.83. The number of phenolic OH excluding ortho intramolecular Hbond substituents is 2. The van der Waals surface area contributed by atoms with Crippen molar-refractivity contribution >= 4 is 17.6 Å². The number of likely N-dealkylation sites (tertiary alicyclic amines) is 1. The maximum absolute atomic E-state index is 10.4. The number of rotatable bonds is 11. The second-order valence-electron chi connectivity index (χ2n) is 8.57. The summed E-state index contributed by atoms with van der Waals surface area (Å²) in [6.07, 6.45) is 7.61. The van der Waals surface area contributed by atoms with E-state index in [1.165, 1.54) is 69.1 Å². The van der Waals surface area contributed by atoms with Gasteiger partial charge in [0.1, 0.15) is 6.04 Å². The Morgan fingerprint density at radius 1 is 0.971 bits per heavy atom. The molecule has 34 heavy (non-hydrogen) atoms. The van der Waals surface area contributed by atoms with Crippen LogP contribution in [-0.4, -0.2) is 65.1 Å². The molecule has 188 valence electrons. The Bertz CT molecular complexity index is 857. The normalized spacial score (nSPS) is 14.8. The lowest BCUT2D eigenvalue weighted by atomic mass is 10.1. The number of benzene rings is 2. The largest absolute Gasteiger partial charge is 0.504 e. The van der Waals surface area contributed by atoms with Crippen LogP contribution in [0.3, 0.4) is 0 Å². The van der Waals surface area contributed by atoms with Gasteiger partial charge in [-0.1, -0.05) is 36.2 Å². The highest BCUT2D eigenvalue weighted by atomic mass is 35.5. The van der Waals surface area contributed by atoms with Gasteiger partial charge in [-0.15, -0.1) is 0 Å². The minimum absolute atomic E-state index is 0.114. The van der Waals surface area contributed by atoms with E-state index in [0.717, 1.165) is 31.1 Å². The second kappa shape index (κ2) is 15.6. The smallest absolute Gasteiger partial charge is 0.320 e. The first-order chi connectivity index (χ1) is 16.3. The van der Waals surface area contributed by atoms with Crippen molar-refractivity contribution < 1.29 is 24.9 Å². The lowest BCUT2D eigenvalue weighted by molar-refractivity contribution is -0.138. The summed E-state index contributed by atoms with van der Waals surface area (Å²) < 4.78 is 5.72. The number of ether oxygens (including phenoxy) is 1.